The first-order valence-corrected chi connectivity index (χ1v) is 11.5. The van der Waals surface area contributed by atoms with Gasteiger partial charge in [0.25, 0.3) is 0 Å². The van der Waals surface area contributed by atoms with Gasteiger partial charge in [0.15, 0.2) is 0 Å². The summed E-state index contributed by atoms with van der Waals surface area (Å²) in [7, 11) is 0. The molecule has 1 amide bonds. The Morgan fingerprint density at radius 2 is 1.86 bits per heavy atom. The topological polar surface area (TPSA) is 98.7 Å². The third-order valence-corrected chi connectivity index (χ3v) is 5.69. The van der Waals surface area contributed by atoms with Gasteiger partial charge in [-0.3, -0.25) is 9.78 Å². The Balaban J connectivity index is 1.24. The number of pyridine rings is 1. The van der Waals surface area contributed by atoms with Crippen molar-refractivity contribution in [1.29, 1.82) is 0 Å². The number of benzene rings is 2. The van der Waals surface area contributed by atoms with Crippen LogP contribution in [0.25, 0.3) is 28.3 Å². The summed E-state index contributed by atoms with van der Waals surface area (Å²) in [5, 5.41) is 11.7. The van der Waals surface area contributed by atoms with Gasteiger partial charge in [0.05, 0.1) is 11.4 Å². The van der Waals surface area contributed by atoms with Crippen molar-refractivity contribution < 1.29 is 13.7 Å². The largest absolute Gasteiger partial charge is 0.352 e. The molecule has 0 aliphatic heterocycles. The van der Waals surface area contributed by atoms with Gasteiger partial charge >= 0.3 is 0 Å². The molecule has 0 spiro atoms. The summed E-state index contributed by atoms with van der Waals surface area (Å²) < 4.78 is 20.6. The second kappa shape index (κ2) is 10.3. The fourth-order valence-corrected chi connectivity index (χ4v) is 3.76. The molecular weight excluding hydrogens is 459 g/mol. The molecule has 3 heterocycles. The van der Waals surface area contributed by atoms with Crippen LogP contribution in [0.5, 0.6) is 0 Å². The lowest BCUT2D eigenvalue weighted by molar-refractivity contribution is -0.121. The Bertz CT molecular complexity index is 1480. The first kappa shape index (κ1) is 23.1. The Morgan fingerprint density at radius 1 is 1.06 bits per heavy atom. The van der Waals surface area contributed by atoms with Crippen molar-refractivity contribution in [2.75, 3.05) is 0 Å². The first-order valence-electron chi connectivity index (χ1n) is 11.5. The standard InChI is InChI=1S/C27H23FN6O2/c1-18-15-20(7-8-23(18)28)27-31-25(36-33-27)10-9-24(35)30-16-21-17-34(22-5-3-2-4-6-22)32-26(21)19-11-13-29-14-12-19/h2-8,11-15,17H,9-10,16H2,1H3,(H,30,35). The van der Waals surface area contributed by atoms with E-state index >= 15 is 0 Å². The zero-order chi connectivity index (χ0) is 24.9. The third kappa shape index (κ3) is 5.20. The van der Waals surface area contributed by atoms with Crippen molar-refractivity contribution in [2.45, 2.75) is 26.3 Å². The highest BCUT2D eigenvalue weighted by molar-refractivity contribution is 5.76. The monoisotopic (exact) mass is 482 g/mol. The second-order valence-corrected chi connectivity index (χ2v) is 8.27. The highest BCUT2D eigenvalue weighted by Crippen LogP contribution is 2.23. The summed E-state index contributed by atoms with van der Waals surface area (Å²) >= 11 is 0. The van der Waals surface area contributed by atoms with E-state index in [9.17, 15) is 9.18 Å². The van der Waals surface area contributed by atoms with E-state index in [1.807, 2.05) is 48.7 Å². The van der Waals surface area contributed by atoms with Crippen molar-refractivity contribution in [3.8, 4) is 28.3 Å². The molecule has 180 valence electrons. The molecule has 0 aliphatic carbocycles. The highest BCUT2D eigenvalue weighted by atomic mass is 19.1. The van der Waals surface area contributed by atoms with Crippen LogP contribution in [0, 0.1) is 12.7 Å². The number of carbonyl (C=O) groups excluding carboxylic acids is 1. The van der Waals surface area contributed by atoms with Crippen LogP contribution in [0.4, 0.5) is 4.39 Å². The number of amides is 1. The number of nitrogens with one attached hydrogen (secondary N) is 1. The Morgan fingerprint density at radius 3 is 2.64 bits per heavy atom. The second-order valence-electron chi connectivity index (χ2n) is 8.27. The van der Waals surface area contributed by atoms with Crippen LogP contribution < -0.4 is 5.32 Å². The van der Waals surface area contributed by atoms with Crippen molar-refractivity contribution in [3.05, 3.63) is 102 Å². The molecule has 0 saturated heterocycles. The molecule has 5 rings (SSSR count). The maximum absolute atomic E-state index is 13.5. The zero-order valence-corrected chi connectivity index (χ0v) is 19.6. The number of hydrogen-bond donors (Lipinski definition) is 1. The molecule has 0 atom stereocenters. The van der Waals surface area contributed by atoms with E-state index in [0.717, 1.165) is 22.5 Å². The Hall–Kier alpha value is -4.66. The van der Waals surface area contributed by atoms with E-state index in [2.05, 4.69) is 20.4 Å². The van der Waals surface area contributed by atoms with Gasteiger partial charge in [-0.25, -0.2) is 9.07 Å². The normalized spacial score (nSPS) is 10.9. The summed E-state index contributed by atoms with van der Waals surface area (Å²) in [6.45, 7) is 1.99. The Kier molecular flexibility index (Phi) is 6.61. The molecule has 9 heteroatoms. The summed E-state index contributed by atoms with van der Waals surface area (Å²) in [4.78, 5) is 21.0. The van der Waals surface area contributed by atoms with Crippen LogP contribution in [0.3, 0.4) is 0 Å². The minimum Gasteiger partial charge on any atom is -0.352 e. The molecule has 0 bridgehead atoms. The fourth-order valence-electron chi connectivity index (χ4n) is 3.76. The van der Waals surface area contributed by atoms with Crippen molar-refractivity contribution >= 4 is 5.91 Å². The average Bonchev–Trinajstić information content (AvgIpc) is 3.57. The SMILES string of the molecule is Cc1cc(-c2noc(CCC(=O)NCc3cn(-c4ccccc4)nc3-c3ccncc3)n2)ccc1F. The fraction of sp³-hybridized carbons (Fsp3) is 0.148. The lowest BCUT2D eigenvalue weighted by Crippen LogP contribution is -2.23. The summed E-state index contributed by atoms with van der Waals surface area (Å²) in [6, 6.07) is 18.2. The minimum absolute atomic E-state index is 0.152. The van der Waals surface area contributed by atoms with Crippen LogP contribution in [-0.2, 0) is 17.8 Å². The van der Waals surface area contributed by atoms with E-state index in [1.54, 1.807) is 36.1 Å². The van der Waals surface area contributed by atoms with E-state index < -0.39 is 0 Å². The van der Waals surface area contributed by atoms with Crippen molar-refractivity contribution in [1.82, 2.24) is 30.2 Å². The molecule has 8 nitrogen and oxygen atoms in total. The molecular formula is C27H23FN6O2. The van der Waals surface area contributed by atoms with E-state index in [1.165, 1.54) is 6.07 Å². The lowest BCUT2D eigenvalue weighted by atomic mass is 10.1. The number of halogens is 1. The van der Waals surface area contributed by atoms with Crippen LogP contribution >= 0.6 is 0 Å². The van der Waals surface area contributed by atoms with Crippen LogP contribution in [-0.4, -0.2) is 30.8 Å². The molecule has 5 aromatic rings. The number of nitrogens with zero attached hydrogens (tertiary/aromatic N) is 5. The predicted octanol–water partition coefficient (Wildman–Crippen LogP) is 4.68. The number of rotatable bonds is 8. The van der Waals surface area contributed by atoms with Crippen LogP contribution in [0.2, 0.25) is 0 Å². The molecule has 36 heavy (non-hydrogen) atoms. The summed E-state index contributed by atoms with van der Waals surface area (Å²) in [5.41, 5.74) is 4.66. The number of hydrogen-bond acceptors (Lipinski definition) is 6. The van der Waals surface area contributed by atoms with Gasteiger partial charge in [0.1, 0.15) is 5.82 Å². The number of aryl methyl sites for hydroxylation is 2. The number of aromatic nitrogens is 5. The maximum atomic E-state index is 13.5. The Labute approximate surface area is 206 Å². The van der Waals surface area contributed by atoms with Crippen molar-refractivity contribution in [2.24, 2.45) is 0 Å². The van der Waals surface area contributed by atoms with Gasteiger partial charge < -0.3 is 9.84 Å². The van der Waals surface area contributed by atoms with Gasteiger partial charge in [0.2, 0.25) is 17.6 Å². The van der Waals surface area contributed by atoms with E-state index in [-0.39, 0.29) is 18.1 Å². The van der Waals surface area contributed by atoms with E-state index in [4.69, 9.17) is 9.62 Å². The quantitative estimate of drug-likeness (QED) is 0.345. The molecule has 0 radical (unpaired) electrons. The zero-order valence-electron chi connectivity index (χ0n) is 19.6. The van der Waals surface area contributed by atoms with Crippen LogP contribution in [0.1, 0.15) is 23.4 Å². The molecule has 1 N–H and O–H groups in total. The van der Waals surface area contributed by atoms with E-state index in [0.29, 0.717) is 35.8 Å². The summed E-state index contributed by atoms with van der Waals surface area (Å²) in [5.74, 6) is 0.265. The highest BCUT2D eigenvalue weighted by Gasteiger charge is 2.15. The lowest BCUT2D eigenvalue weighted by Gasteiger charge is -2.05. The minimum atomic E-state index is -0.291. The molecule has 0 unspecified atom stereocenters. The molecule has 0 fully saturated rings. The molecule has 0 saturated carbocycles. The number of carbonyl (C=O) groups is 1. The van der Waals surface area contributed by atoms with Gasteiger partial charge in [0, 0.05) is 54.7 Å². The smallest absolute Gasteiger partial charge is 0.227 e. The number of para-hydroxylation sites is 1. The van der Waals surface area contributed by atoms with Gasteiger partial charge in [-0.1, -0.05) is 23.4 Å². The molecule has 0 aliphatic rings. The van der Waals surface area contributed by atoms with Gasteiger partial charge in [-0.15, -0.1) is 0 Å². The predicted molar refractivity (Wildman–Crippen MR) is 131 cm³/mol. The third-order valence-electron chi connectivity index (χ3n) is 5.69. The van der Waals surface area contributed by atoms with Gasteiger partial charge in [-0.05, 0) is 55.0 Å². The molecule has 3 aromatic heterocycles. The average molecular weight is 483 g/mol. The maximum Gasteiger partial charge on any atom is 0.227 e. The summed E-state index contributed by atoms with van der Waals surface area (Å²) in [6.07, 6.45) is 5.82. The van der Waals surface area contributed by atoms with Gasteiger partial charge in [-0.2, -0.15) is 10.1 Å². The first-order chi connectivity index (χ1) is 17.6. The van der Waals surface area contributed by atoms with Crippen molar-refractivity contribution in [3.63, 3.8) is 0 Å². The van der Waals surface area contributed by atoms with Crippen LogP contribution in [0.15, 0.2) is 83.8 Å². The molecule has 2 aromatic carbocycles.